The first-order valence-corrected chi connectivity index (χ1v) is 5.71. The molecule has 1 aliphatic rings. The van der Waals surface area contributed by atoms with Crippen LogP contribution in [-0.2, 0) is 4.79 Å². The summed E-state index contributed by atoms with van der Waals surface area (Å²) in [7, 11) is 0. The average Bonchev–Trinajstić information content (AvgIpc) is 2.41. The lowest BCUT2D eigenvalue weighted by atomic mass is 10.2. The highest BCUT2D eigenvalue weighted by Gasteiger charge is 2.25. The van der Waals surface area contributed by atoms with Crippen LogP contribution >= 0.6 is 0 Å². The lowest BCUT2D eigenvalue weighted by molar-refractivity contribution is -0.122. The minimum atomic E-state index is -0.576. The summed E-state index contributed by atoms with van der Waals surface area (Å²) < 4.78 is 5.43. The zero-order chi connectivity index (χ0) is 14.7. The van der Waals surface area contributed by atoms with Crippen LogP contribution in [-0.4, -0.2) is 23.6 Å². The molecule has 1 amide bonds. The fourth-order valence-corrected chi connectivity index (χ4v) is 1.58. The zero-order valence-corrected chi connectivity index (χ0v) is 10.6. The minimum Gasteiger partial charge on any atom is -0.479 e. The number of nitriles is 1. The second-order valence-corrected chi connectivity index (χ2v) is 4.03. The van der Waals surface area contributed by atoms with Crippen molar-refractivity contribution in [3.63, 3.8) is 0 Å². The summed E-state index contributed by atoms with van der Waals surface area (Å²) in [6, 6.07) is 6.75. The summed E-state index contributed by atoms with van der Waals surface area (Å²) in [5.41, 5.74) is 8.40. The molecule has 0 saturated carbocycles. The number of hydrazone groups is 1. The second kappa shape index (κ2) is 5.27. The Balaban J connectivity index is 2.31. The Labute approximate surface area is 114 Å². The summed E-state index contributed by atoms with van der Waals surface area (Å²) in [6.07, 6.45) is -0.576. The van der Waals surface area contributed by atoms with Crippen LogP contribution in [0.3, 0.4) is 0 Å². The molecule has 5 N–H and O–H groups in total. The highest BCUT2D eigenvalue weighted by molar-refractivity contribution is 6.45. The maximum atomic E-state index is 11.6. The second-order valence-electron chi connectivity index (χ2n) is 4.03. The number of rotatable bonds is 3. The van der Waals surface area contributed by atoms with Crippen molar-refractivity contribution in [3.8, 4) is 11.8 Å². The van der Waals surface area contributed by atoms with E-state index in [0.29, 0.717) is 17.1 Å². The number of nitrogens with two attached hydrogens (primary N) is 1. The smallest absolute Gasteiger partial charge is 0.265 e. The van der Waals surface area contributed by atoms with Gasteiger partial charge in [-0.15, -0.1) is 0 Å². The molecule has 0 spiro atoms. The average molecular weight is 272 g/mol. The fraction of sp³-hybridized carbons (Fsp3) is 0.167. The minimum absolute atomic E-state index is 0.251. The molecule has 0 saturated heterocycles. The van der Waals surface area contributed by atoms with Crippen LogP contribution in [0.1, 0.15) is 6.92 Å². The number of nitrogens with zero attached hydrogens (tertiary/aromatic N) is 2. The molecule has 1 atom stereocenters. The van der Waals surface area contributed by atoms with Gasteiger partial charge in [-0.3, -0.25) is 15.6 Å². The van der Waals surface area contributed by atoms with E-state index in [1.165, 1.54) is 0 Å². The highest BCUT2D eigenvalue weighted by atomic mass is 16.5. The van der Waals surface area contributed by atoms with Crippen molar-refractivity contribution in [2.45, 2.75) is 13.0 Å². The van der Waals surface area contributed by atoms with E-state index >= 15 is 0 Å². The number of ether oxygens (including phenoxy) is 1. The van der Waals surface area contributed by atoms with Crippen LogP contribution < -0.4 is 21.2 Å². The van der Waals surface area contributed by atoms with E-state index < -0.39 is 11.9 Å². The Morgan fingerprint density at radius 1 is 1.65 bits per heavy atom. The Bertz CT molecular complexity index is 646. The topological polar surface area (TPSA) is 136 Å². The van der Waals surface area contributed by atoms with Crippen LogP contribution in [0.15, 0.2) is 23.3 Å². The first-order valence-electron chi connectivity index (χ1n) is 5.71. The van der Waals surface area contributed by atoms with E-state index in [0.717, 1.165) is 0 Å². The van der Waals surface area contributed by atoms with E-state index in [-0.39, 0.29) is 11.6 Å². The summed E-state index contributed by atoms with van der Waals surface area (Å²) in [4.78, 5) is 11.6. The van der Waals surface area contributed by atoms with E-state index in [2.05, 4.69) is 15.8 Å². The zero-order valence-electron chi connectivity index (χ0n) is 10.6. The lowest BCUT2D eigenvalue weighted by Gasteiger charge is -2.24. The molecular weight excluding hydrogens is 260 g/mol. The molecule has 0 bridgehead atoms. The largest absolute Gasteiger partial charge is 0.479 e. The number of para-hydroxylation sites is 1. The Morgan fingerprint density at radius 3 is 3.05 bits per heavy atom. The van der Waals surface area contributed by atoms with Crippen LogP contribution in [0.5, 0.6) is 5.75 Å². The molecule has 8 heteroatoms. The molecule has 0 fully saturated rings. The van der Waals surface area contributed by atoms with Crippen molar-refractivity contribution in [1.82, 2.24) is 0 Å². The predicted molar refractivity (Wildman–Crippen MR) is 73.7 cm³/mol. The number of hydrogen-bond donors (Lipinski definition) is 4. The third kappa shape index (κ3) is 2.51. The molecule has 2 rings (SSSR count). The van der Waals surface area contributed by atoms with Gasteiger partial charge in [-0.05, 0) is 19.1 Å². The molecule has 1 aromatic carbocycles. The number of amidine groups is 1. The number of anilines is 2. The van der Waals surface area contributed by atoms with Crippen LogP contribution in [0.2, 0.25) is 0 Å². The first-order chi connectivity index (χ1) is 9.52. The lowest BCUT2D eigenvalue weighted by Crippen LogP contribution is -2.34. The summed E-state index contributed by atoms with van der Waals surface area (Å²) >= 11 is 0. The Hall–Kier alpha value is -3.08. The Morgan fingerprint density at radius 2 is 2.40 bits per heavy atom. The van der Waals surface area contributed by atoms with Gasteiger partial charge in [0.2, 0.25) is 5.71 Å². The third-order valence-electron chi connectivity index (χ3n) is 2.60. The van der Waals surface area contributed by atoms with Gasteiger partial charge in [0, 0.05) is 0 Å². The highest BCUT2D eigenvalue weighted by Crippen LogP contribution is 2.36. The van der Waals surface area contributed by atoms with Crippen molar-refractivity contribution in [2.24, 2.45) is 10.8 Å². The predicted octanol–water partition coefficient (Wildman–Crippen LogP) is 0.633. The van der Waals surface area contributed by atoms with E-state index in [4.69, 9.17) is 21.1 Å². The van der Waals surface area contributed by atoms with Crippen molar-refractivity contribution >= 4 is 28.8 Å². The van der Waals surface area contributed by atoms with Gasteiger partial charge in [0.05, 0.1) is 5.69 Å². The van der Waals surface area contributed by atoms with Crippen molar-refractivity contribution in [3.05, 3.63) is 18.2 Å². The summed E-state index contributed by atoms with van der Waals surface area (Å²) in [5.74, 6) is -0.222. The number of hydrogen-bond acceptors (Lipinski definition) is 6. The van der Waals surface area contributed by atoms with Crippen molar-refractivity contribution < 1.29 is 9.53 Å². The summed E-state index contributed by atoms with van der Waals surface area (Å²) in [6.45, 7) is 1.64. The summed E-state index contributed by atoms with van der Waals surface area (Å²) in [5, 5.41) is 22.3. The normalized spacial score (nSPS) is 17.3. The van der Waals surface area contributed by atoms with Gasteiger partial charge in [-0.2, -0.15) is 10.4 Å². The molecule has 8 nitrogen and oxygen atoms in total. The number of amides is 1. The number of nitrogens with one attached hydrogen (secondary N) is 3. The van der Waals surface area contributed by atoms with Gasteiger partial charge in [0.1, 0.15) is 17.5 Å². The number of fused-ring (bicyclic) bond motifs is 1. The maximum Gasteiger partial charge on any atom is 0.265 e. The van der Waals surface area contributed by atoms with Gasteiger partial charge in [0.15, 0.2) is 11.9 Å². The molecule has 0 radical (unpaired) electrons. The van der Waals surface area contributed by atoms with Gasteiger partial charge in [-0.25, -0.2) is 0 Å². The number of carbonyl (C=O) groups is 1. The van der Waals surface area contributed by atoms with E-state index in [1.807, 2.05) is 0 Å². The molecule has 0 aliphatic carbocycles. The quantitative estimate of drug-likeness (QED) is 0.363. The standard InChI is InChI=1S/C12H12N6O2/c1-6-12(19)16-10-7(3-2-4-9(10)20-6)17-18-8(5-13)11(14)15/h2-4,6,17H,1H3,(H3,14,15)(H,16,19)/b18-8+. The van der Waals surface area contributed by atoms with E-state index in [9.17, 15) is 4.79 Å². The van der Waals surface area contributed by atoms with Gasteiger partial charge < -0.3 is 15.8 Å². The van der Waals surface area contributed by atoms with Crippen LogP contribution in [0, 0.1) is 16.7 Å². The maximum absolute atomic E-state index is 11.6. The fourth-order valence-electron chi connectivity index (χ4n) is 1.58. The SMILES string of the molecule is CC1Oc2cccc(N/N=C(\C#N)C(=N)N)c2NC1=O. The monoisotopic (exact) mass is 272 g/mol. The molecular formula is C12H12N6O2. The number of carbonyl (C=O) groups excluding carboxylic acids is 1. The number of benzene rings is 1. The Kier molecular flexibility index (Phi) is 3.52. The molecule has 0 aromatic heterocycles. The van der Waals surface area contributed by atoms with E-state index in [1.54, 1.807) is 31.2 Å². The van der Waals surface area contributed by atoms with Crippen molar-refractivity contribution in [1.29, 1.82) is 10.7 Å². The van der Waals surface area contributed by atoms with Crippen LogP contribution in [0.25, 0.3) is 0 Å². The molecule has 20 heavy (non-hydrogen) atoms. The van der Waals surface area contributed by atoms with Gasteiger partial charge in [-0.1, -0.05) is 6.07 Å². The van der Waals surface area contributed by atoms with Crippen LogP contribution in [0.4, 0.5) is 11.4 Å². The molecule has 102 valence electrons. The van der Waals surface area contributed by atoms with Gasteiger partial charge >= 0.3 is 0 Å². The molecule has 1 unspecified atom stereocenters. The van der Waals surface area contributed by atoms with Crippen molar-refractivity contribution in [2.75, 3.05) is 10.7 Å². The molecule has 1 heterocycles. The molecule has 1 aromatic rings. The first kappa shape index (κ1) is 13.4. The molecule has 1 aliphatic heterocycles. The van der Waals surface area contributed by atoms with Gasteiger partial charge in [0.25, 0.3) is 5.91 Å². The third-order valence-corrected chi connectivity index (χ3v) is 2.60.